The molecule has 2 rings (SSSR count). The van der Waals surface area contributed by atoms with Gasteiger partial charge in [0.25, 0.3) is 5.88 Å². The van der Waals surface area contributed by atoms with Crippen LogP contribution in [0.5, 0.6) is 23.1 Å². The molecule has 0 atom stereocenters. The summed E-state index contributed by atoms with van der Waals surface area (Å²) in [6.45, 7) is 5.18. The number of hydrogen-bond donors (Lipinski definition) is 1. The number of benzene rings is 1. The van der Waals surface area contributed by atoms with Crippen molar-refractivity contribution >= 4 is 5.82 Å². The number of nitrogens with one attached hydrogen (secondary N) is 1. The predicted octanol–water partition coefficient (Wildman–Crippen LogP) is 3.11. The number of para-hydroxylation sites is 2. The summed E-state index contributed by atoms with van der Waals surface area (Å²) in [5.41, 5.74) is 0. The highest BCUT2D eigenvalue weighted by molar-refractivity contribution is 5.56. The van der Waals surface area contributed by atoms with E-state index >= 15 is 0 Å². The highest BCUT2D eigenvalue weighted by Crippen LogP contribution is 2.37. The Labute approximate surface area is 124 Å². The highest BCUT2D eigenvalue weighted by atomic mass is 16.5. The monoisotopic (exact) mass is 289 g/mol. The van der Waals surface area contributed by atoms with Crippen LogP contribution in [0.3, 0.4) is 0 Å². The molecule has 0 fully saturated rings. The van der Waals surface area contributed by atoms with Gasteiger partial charge in [0.1, 0.15) is 6.33 Å². The van der Waals surface area contributed by atoms with E-state index in [4.69, 9.17) is 14.2 Å². The molecule has 0 bridgehead atoms. The number of ether oxygens (including phenoxy) is 3. The molecule has 0 aliphatic carbocycles. The topological polar surface area (TPSA) is 65.5 Å². The first-order chi connectivity index (χ1) is 10.3. The molecular weight excluding hydrogens is 270 g/mol. The van der Waals surface area contributed by atoms with Gasteiger partial charge in [-0.15, -0.1) is 0 Å². The van der Waals surface area contributed by atoms with Crippen LogP contribution < -0.4 is 19.5 Å². The molecule has 0 aliphatic rings. The van der Waals surface area contributed by atoms with Gasteiger partial charge in [-0.2, -0.15) is 4.98 Å². The smallest absolute Gasteiger partial charge is 0.268 e. The Bertz CT molecular complexity index is 590. The number of methoxy groups -OCH3 is 1. The minimum Gasteiger partial charge on any atom is -0.490 e. The Hall–Kier alpha value is -2.50. The fourth-order valence-electron chi connectivity index (χ4n) is 1.82. The Morgan fingerprint density at radius 2 is 1.86 bits per heavy atom. The van der Waals surface area contributed by atoms with Crippen molar-refractivity contribution in [3.8, 4) is 23.1 Å². The van der Waals surface area contributed by atoms with Crippen LogP contribution in [0, 0.1) is 0 Å². The van der Waals surface area contributed by atoms with E-state index in [1.54, 1.807) is 7.11 Å². The van der Waals surface area contributed by atoms with Gasteiger partial charge in [0.15, 0.2) is 17.3 Å². The molecule has 0 amide bonds. The Morgan fingerprint density at radius 3 is 2.52 bits per heavy atom. The van der Waals surface area contributed by atoms with Crippen molar-refractivity contribution in [3.63, 3.8) is 0 Å². The lowest BCUT2D eigenvalue weighted by Crippen LogP contribution is -2.04. The average molecular weight is 289 g/mol. The van der Waals surface area contributed by atoms with E-state index in [0.717, 1.165) is 6.54 Å². The number of hydrogen-bond acceptors (Lipinski definition) is 6. The molecule has 0 saturated heterocycles. The third kappa shape index (κ3) is 3.53. The normalized spacial score (nSPS) is 10.0. The molecule has 112 valence electrons. The lowest BCUT2D eigenvalue weighted by molar-refractivity contribution is 0.313. The van der Waals surface area contributed by atoms with Crippen molar-refractivity contribution in [2.75, 3.05) is 25.6 Å². The van der Waals surface area contributed by atoms with Crippen LogP contribution in [0.15, 0.2) is 30.6 Å². The maximum Gasteiger partial charge on any atom is 0.268 e. The van der Waals surface area contributed by atoms with Crippen molar-refractivity contribution in [1.29, 1.82) is 0 Å². The zero-order valence-corrected chi connectivity index (χ0v) is 12.4. The minimum atomic E-state index is 0.343. The molecule has 21 heavy (non-hydrogen) atoms. The fraction of sp³-hybridized carbons (Fsp3) is 0.333. The van der Waals surface area contributed by atoms with E-state index in [1.807, 2.05) is 38.1 Å². The molecule has 6 heteroatoms. The van der Waals surface area contributed by atoms with Gasteiger partial charge in [0.2, 0.25) is 5.75 Å². The van der Waals surface area contributed by atoms with Crippen molar-refractivity contribution in [2.45, 2.75) is 13.8 Å². The summed E-state index contributed by atoms with van der Waals surface area (Å²) in [6, 6.07) is 7.42. The molecule has 0 radical (unpaired) electrons. The van der Waals surface area contributed by atoms with Crippen LogP contribution in [-0.4, -0.2) is 30.2 Å². The minimum absolute atomic E-state index is 0.343. The van der Waals surface area contributed by atoms with Gasteiger partial charge in [0.05, 0.1) is 13.7 Å². The molecule has 1 aromatic heterocycles. The first-order valence-corrected chi connectivity index (χ1v) is 6.82. The molecule has 0 aliphatic heterocycles. The quantitative estimate of drug-likeness (QED) is 0.845. The largest absolute Gasteiger partial charge is 0.490 e. The summed E-state index contributed by atoms with van der Waals surface area (Å²) in [5, 5.41) is 3.11. The fourth-order valence-corrected chi connectivity index (χ4v) is 1.82. The first kappa shape index (κ1) is 14.9. The number of anilines is 1. The van der Waals surface area contributed by atoms with E-state index in [9.17, 15) is 0 Å². The van der Waals surface area contributed by atoms with Crippen LogP contribution in [-0.2, 0) is 0 Å². The molecule has 6 nitrogen and oxygen atoms in total. The van der Waals surface area contributed by atoms with E-state index in [2.05, 4.69) is 15.3 Å². The van der Waals surface area contributed by atoms with Crippen LogP contribution in [0.2, 0.25) is 0 Å². The first-order valence-electron chi connectivity index (χ1n) is 6.82. The molecule has 1 heterocycles. The van der Waals surface area contributed by atoms with Gasteiger partial charge in [-0.3, -0.25) is 0 Å². The summed E-state index contributed by atoms with van der Waals surface area (Å²) >= 11 is 0. The van der Waals surface area contributed by atoms with Crippen molar-refractivity contribution < 1.29 is 14.2 Å². The summed E-state index contributed by atoms with van der Waals surface area (Å²) in [7, 11) is 1.56. The lowest BCUT2D eigenvalue weighted by atomic mass is 10.3. The average Bonchev–Trinajstić information content (AvgIpc) is 2.50. The van der Waals surface area contributed by atoms with Crippen LogP contribution >= 0.6 is 0 Å². The third-order valence-electron chi connectivity index (χ3n) is 2.68. The second-order valence-corrected chi connectivity index (χ2v) is 4.07. The molecule has 0 unspecified atom stereocenters. The SMILES string of the molecule is CCNc1ncnc(Oc2ccccc2OCC)c1OC. The number of aromatic nitrogens is 2. The zero-order valence-electron chi connectivity index (χ0n) is 12.4. The van der Waals surface area contributed by atoms with Gasteiger partial charge in [-0.1, -0.05) is 12.1 Å². The van der Waals surface area contributed by atoms with Crippen molar-refractivity contribution in [1.82, 2.24) is 9.97 Å². The van der Waals surface area contributed by atoms with Gasteiger partial charge >= 0.3 is 0 Å². The van der Waals surface area contributed by atoms with E-state index < -0.39 is 0 Å². The molecular formula is C15H19N3O3. The Kier molecular flexibility index (Phi) is 5.20. The third-order valence-corrected chi connectivity index (χ3v) is 2.68. The van der Waals surface area contributed by atoms with Gasteiger partial charge in [-0.05, 0) is 26.0 Å². The molecule has 1 aromatic carbocycles. The number of rotatable bonds is 7. The summed E-state index contributed by atoms with van der Waals surface area (Å²) < 4.78 is 16.7. The van der Waals surface area contributed by atoms with Gasteiger partial charge in [-0.25, -0.2) is 4.98 Å². The van der Waals surface area contributed by atoms with Gasteiger partial charge < -0.3 is 19.5 Å². The molecule has 1 N–H and O–H groups in total. The second-order valence-electron chi connectivity index (χ2n) is 4.07. The van der Waals surface area contributed by atoms with Crippen molar-refractivity contribution in [3.05, 3.63) is 30.6 Å². The summed E-state index contributed by atoms with van der Waals surface area (Å²) in [5.74, 6) is 2.64. The summed E-state index contributed by atoms with van der Waals surface area (Å²) in [6.07, 6.45) is 1.43. The highest BCUT2D eigenvalue weighted by Gasteiger charge is 2.15. The van der Waals surface area contributed by atoms with Crippen LogP contribution in [0.4, 0.5) is 5.82 Å². The lowest BCUT2D eigenvalue weighted by Gasteiger charge is -2.14. The van der Waals surface area contributed by atoms with Crippen molar-refractivity contribution in [2.24, 2.45) is 0 Å². The Balaban J connectivity index is 2.33. The maximum atomic E-state index is 5.83. The second kappa shape index (κ2) is 7.33. The molecule has 0 spiro atoms. The predicted molar refractivity (Wildman–Crippen MR) is 80.4 cm³/mol. The number of nitrogens with zero attached hydrogens (tertiary/aromatic N) is 2. The van der Waals surface area contributed by atoms with Gasteiger partial charge in [0, 0.05) is 6.54 Å². The van der Waals surface area contributed by atoms with E-state index in [1.165, 1.54) is 6.33 Å². The zero-order chi connectivity index (χ0) is 15.1. The molecule has 0 saturated carbocycles. The Morgan fingerprint density at radius 1 is 1.10 bits per heavy atom. The van der Waals surface area contributed by atoms with E-state index in [0.29, 0.717) is 35.6 Å². The van der Waals surface area contributed by atoms with Crippen LogP contribution in [0.25, 0.3) is 0 Å². The van der Waals surface area contributed by atoms with Crippen LogP contribution in [0.1, 0.15) is 13.8 Å². The molecule has 2 aromatic rings. The van der Waals surface area contributed by atoms with E-state index in [-0.39, 0.29) is 0 Å². The summed E-state index contributed by atoms with van der Waals surface area (Å²) in [4.78, 5) is 8.28. The maximum absolute atomic E-state index is 5.83. The standard InChI is InChI=1S/C15H19N3O3/c1-4-16-14-13(19-3)15(18-10-17-14)21-12-9-7-6-8-11(12)20-5-2/h6-10H,4-5H2,1-3H3,(H,16,17,18).